The van der Waals surface area contributed by atoms with Gasteiger partial charge in [-0.05, 0) is 0 Å². The van der Waals surface area contributed by atoms with Crippen LogP contribution in [0.4, 0.5) is 5.69 Å². The van der Waals surface area contributed by atoms with E-state index in [9.17, 15) is 13.2 Å². The molecule has 0 bridgehead atoms. The molecule has 0 saturated heterocycles. The van der Waals surface area contributed by atoms with Crippen molar-refractivity contribution in [2.75, 3.05) is 5.32 Å². The third-order valence-corrected chi connectivity index (χ3v) is 12.4. The fourth-order valence-corrected chi connectivity index (χ4v) is 7.85. The molecule has 0 saturated carbocycles. The van der Waals surface area contributed by atoms with Gasteiger partial charge in [0.25, 0.3) is 0 Å². The number of nitrogens with zero attached hydrogens (tertiary/aromatic N) is 2. The van der Waals surface area contributed by atoms with Crippen LogP contribution in [-0.4, -0.2) is 41.9 Å². The molecule has 9 heteroatoms. The number of rotatable bonds is 6. The van der Waals surface area contributed by atoms with Crippen molar-refractivity contribution in [2.24, 2.45) is 0 Å². The van der Waals surface area contributed by atoms with Crippen LogP contribution < -0.4 is 8.90 Å². The third kappa shape index (κ3) is 4.40. The Morgan fingerprint density at radius 1 is 1.10 bits per heavy atom. The second-order valence-corrected chi connectivity index (χ2v) is 24.6. The Balaban J connectivity index is 1.83. The first-order chi connectivity index (χ1) is 14.7. The van der Waals surface area contributed by atoms with Crippen molar-refractivity contribution in [1.82, 2.24) is 9.19 Å². The predicted octanol–water partition coefficient (Wildman–Crippen LogP) is 3.59. The topological polar surface area (TPSA) is 94.2 Å². The van der Waals surface area contributed by atoms with Crippen LogP contribution in [0, 0.1) is 0 Å². The van der Waals surface area contributed by atoms with E-state index in [1.807, 2.05) is 12.1 Å². The molecule has 2 heterocycles. The molecule has 0 aliphatic heterocycles. The van der Waals surface area contributed by atoms with Crippen LogP contribution in [0.25, 0.3) is 10.9 Å². The fraction of sp³-hybridized carbons (Fsp3) is 0.182. The van der Waals surface area contributed by atoms with E-state index in [-0.39, 0.29) is 17.2 Å². The summed E-state index contributed by atoms with van der Waals surface area (Å²) >= 11 is -2.64. The van der Waals surface area contributed by atoms with E-state index >= 15 is 0 Å². The first-order valence-electron chi connectivity index (χ1n) is 9.81. The Hall–Kier alpha value is -2.59. The Labute approximate surface area is 185 Å². The normalized spacial score (nSPS) is 12.2. The average Bonchev–Trinajstić information content (AvgIpc) is 3.38. The summed E-state index contributed by atoms with van der Waals surface area (Å²) in [5.74, 6) is 0.318. The summed E-state index contributed by atoms with van der Waals surface area (Å²) in [5.41, 5.74) is 1.02. The van der Waals surface area contributed by atoms with Gasteiger partial charge in [-0.15, -0.1) is 0 Å². The van der Waals surface area contributed by atoms with E-state index < -0.39 is 28.4 Å². The number of hydrogen-bond acceptors (Lipinski definition) is 5. The summed E-state index contributed by atoms with van der Waals surface area (Å²) in [4.78, 5) is 19.5. The Morgan fingerprint density at radius 3 is 2.48 bits per heavy atom. The second kappa shape index (κ2) is 8.16. The minimum absolute atomic E-state index is 0.0912. The third-order valence-electron chi connectivity index (χ3n) is 4.98. The molecule has 0 fully saturated rings. The van der Waals surface area contributed by atoms with Crippen molar-refractivity contribution in [2.45, 2.75) is 26.1 Å². The molecule has 1 amide bonds. The van der Waals surface area contributed by atoms with Crippen LogP contribution in [0.5, 0.6) is 0 Å². The zero-order valence-corrected chi connectivity index (χ0v) is 21.2. The van der Waals surface area contributed by atoms with E-state index in [0.29, 0.717) is 22.4 Å². The molecule has 4 aromatic rings. The molecule has 0 aliphatic rings. The zero-order valence-electron chi connectivity index (χ0n) is 17.5. The molecule has 0 atom stereocenters. The van der Waals surface area contributed by atoms with E-state index in [4.69, 9.17) is 4.42 Å². The number of benzene rings is 2. The molecule has 31 heavy (non-hydrogen) atoms. The van der Waals surface area contributed by atoms with Gasteiger partial charge in [-0.3, -0.25) is 0 Å². The molecule has 0 radical (unpaired) electrons. The van der Waals surface area contributed by atoms with Crippen molar-refractivity contribution in [3.05, 3.63) is 72.8 Å². The summed E-state index contributed by atoms with van der Waals surface area (Å²) in [6.07, 6.45) is 3.10. The van der Waals surface area contributed by atoms with Crippen molar-refractivity contribution in [3.63, 3.8) is 0 Å². The van der Waals surface area contributed by atoms with Gasteiger partial charge in [0.15, 0.2) is 0 Å². The number of aromatic nitrogens is 2. The molecule has 0 spiro atoms. The van der Waals surface area contributed by atoms with Crippen LogP contribution in [0.15, 0.2) is 76.4 Å². The van der Waals surface area contributed by atoms with E-state index in [1.54, 1.807) is 42.5 Å². The van der Waals surface area contributed by atoms with E-state index in [1.165, 1.54) is 12.5 Å². The standard InChI is InChI=1S/C19H14N3O4S.3CH3.Sn/c23-19(12-14-6-5-11-26-14)21-17-9-4-10-18-16(17)13-20-22(18)27(24,25)15-7-2-1-3-8-15;;;;/h1-3,5-11,13H,12H2,(H,21,23);3*1H3;. The van der Waals surface area contributed by atoms with Crippen molar-refractivity contribution >= 4 is 54.5 Å². The van der Waals surface area contributed by atoms with Crippen molar-refractivity contribution < 1.29 is 17.6 Å². The molecule has 2 aromatic heterocycles. The van der Waals surface area contributed by atoms with Gasteiger partial charge >= 0.3 is 186 Å². The summed E-state index contributed by atoms with van der Waals surface area (Å²) in [6.45, 7) is 0. The molecule has 0 aliphatic carbocycles. The predicted molar refractivity (Wildman–Crippen MR) is 123 cm³/mol. The van der Waals surface area contributed by atoms with Crippen LogP contribution >= 0.6 is 0 Å². The molecule has 1 N–H and O–H groups in total. The first kappa shape index (κ1) is 21.6. The number of amides is 1. The van der Waals surface area contributed by atoms with Gasteiger partial charge in [0.05, 0.1) is 0 Å². The molecular weight excluding hydrogens is 521 g/mol. The number of carbonyl (C=O) groups is 1. The van der Waals surface area contributed by atoms with Crippen LogP contribution in [-0.2, 0) is 21.2 Å². The molecule has 7 nitrogen and oxygen atoms in total. The zero-order chi connectivity index (χ0) is 22.2. The van der Waals surface area contributed by atoms with Crippen molar-refractivity contribution in [1.29, 1.82) is 0 Å². The van der Waals surface area contributed by atoms with E-state index in [2.05, 4.69) is 25.2 Å². The average molecular weight is 544 g/mol. The van der Waals surface area contributed by atoms with Gasteiger partial charge in [0.1, 0.15) is 0 Å². The summed E-state index contributed by atoms with van der Waals surface area (Å²) < 4.78 is 33.9. The van der Waals surface area contributed by atoms with Gasteiger partial charge in [0.2, 0.25) is 0 Å². The number of carbonyl (C=O) groups excluding carboxylic acids is 1. The Morgan fingerprint density at radius 2 is 1.84 bits per heavy atom. The Kier molecular flexibility index (Phi) is 5.69. The first-order valence-corrected chi connectivity index (χ1v) is 21.2. The van der Waals surface area contributed by atoms with Gasteiger partial charge in [-0.25, -0.2) is 0 Å². The minimum atomic E-state index is -3.87. The second-order valence-electron chi connectivity index (χ2n) is 8.32. The van der Waals surface area contributed by atoms with Gasteiger partial charge in [-0.2, -0.15) is 0 Å². The van der Waals surface area contributed by atoms with E-state index in [0.717, 1.165) is 7.67 Å². The monoisotopic (exact) mass is 545 g/mol. The molecule has 160 valence electrons. The number of hydrogen-bond donors (Lipinski definition) is 1. The number of anilines is 1. The maximum atomic E-state index is 13.2. The van der Waals surface area contributed by atoms with Gasteiger partial charge in [0, 0.05) is 0 Å². The SMILES string of the molecule is [CH3][Sn]([CH3])([CH3])[c]1cc(NC(=O)Cc2ccco2)c2cnn(S(=O)(=O)c3ccccc3)c2c1. The number of furan rings is 1. The molecule has 0 unspecified atom stereocenters. The number of fused-ring (bicyclic) bond motifs is 1. The van der Waals surface area contributed by atoms with Crippen LogP contribution in [0.2, 0.25) is 14.8 Å². The van der Waals surface area contributed by atoms with Crippen LogP contribution in [0.1, 0.15) is 5.76 Å². The van der Waals surface area contributed by atoms with Gasteiger partial charge in [-0.1, -0.05) is 0 Å². The fourth-order valence-electron chi connectivity index (χ4n) is 3.29. The maximum absolute atomic E-state index is 13.2. The van der Waals surface area contributed by atoms with Crippen LogP contribution in [0.3, 0.4) is 0 Å². The quantitative estimate of drug-likeness (QED) is 0.375. The summed E-state index contributed by atoms with van der Waals surface area (Å²) in [6, 6.07) is 15.5. The number of nitrogens with one attached hydrogen (secondary N) is 1. The molecular formula is C22H23N3O4SSn. The molecule has 4 rings (SSSR count). The Bertz CT molecular complexity index is 1340. The molecule has 2 aromatic carbocycles. The summed E-state index contributed by atoms with van der Waals surface area (Å²) in [5, 5.41) is 7.69. The summed E-state index contributed by atoms with van der Waals surface area (Å²) in [7, 11) is -3.87. The van der Waals surface area contributed by atoms with Gasteiger partial charge < -0.3 is 0 Å². The van der Waals surface area contributed by atoms with Crippen molar-refractivity contribution in [3.8, 4) is 0 Å².